The third-order valence-corrected chi connectivity index (χ3v) is 4.44. The van der Waals surface area contributed by atoms with E-state index in [0.717, 1.165) is 6.61 Å². The lowest BCUT2D eigenvalue weighted by atomic mass is 10.2. The van der Waals surface area contributed by atoms with Crippen LogP contribution in [-0.2, 0) is 9.53 Å². The molecule has 88 valence electrons. The molecule has 1 aliphatic heterocycles. The molecule has 1 heterocycles. The van der Waals surface area contributed by atoms with E-state index >= 15 is 0 Å². The Morgan fingerprint density at radius 1 is 1.47 bits per heavy atom. The van der Waals surface area contributed by atoms with Gasteiger partial charge in [0.05, 0.1) is 12.6 Å². The zero-order valence-corrected chi connectivity index (χ0v) is 11.3. The minimum atomic E-state index is -0.973. The van der Waals surface area contributed by atoms with Gasteiger partial charge in [-0.3, -0.25) is 4.79 Å². The number of carbonyl (C=O) groups excluding carboxylic acids is 1. The highest BCUT2D eigenvalue weighted by Gasteiger charge is 2.28. The van der Waals surface area contributed by atoms with E-state index in [2.05, 4.69) is 25.0 Å². The average Bonchev–Trinajstić information content (AvgIpc) is 2.39. The lowest BCUT2D eigenvalue weighted by Crippen LogP contribution is -2.32. The molecule has 0 spiro atoms. The van der Waals surface area contributed by atoms with Gasteiger partial charge in [0.25, 0.3) is 0 Å². The summed E-state index contributed by atoms with van der Waals surface area (Å²) in [5, 5.41) is 3.24. The second-order valence-corrected chi connectivity index (χ2v) is 11.3. The molecule has 0 aromatic rings. The summed E-state index contributed by atoms with van der Waals surface area (Å²) >= 11 is 0. The molecule has 1 rings (SSSR count). The first-order valence-electron chi connectivity index (χ1n) is 5.75. The van der Waals surface area contributed by atoms with E-state index in [1.807, 2.05) is 6.92 Å². The van der Waals surface area contributed by atoms with Crippen LogP contribution in [0.3, 0.4) is 0 Å². The van der Waals surface area contributed by atoms with Gasteiger partial charge in [0.2, 0.25) is 0 Å². The van der Waals surface area contributed by atoms with E-state index < -0.39 is 8.07 Å². The Morgan fingerprint density at radius 2 is 2.13 bits per heavy atom. The van der Waals surface area contributed by atoms with Crippen LogP contribution in [0.15, 0.2) is 0 Å². The van der Waals surface area contributed by atoms with E-state index in [4.69, 9.17) is 4.74 Å². The zero-order valence-electron chi connectivity index (χ0n) is 10.3. The van der Waals surface area contributed by atoms with Crippen LogP contribution in [0.5, 0.6) is 0 Å². The highest BCUT2D eigenvalue weighted by molar-refractivity contribution is 6.76. The van der Waals surface area contributed by atoms with Gasteiger partial charge < -0.3 is 10.1 Å². The van der Waals surface area contributed by atoms with Crippen LogP contribution >= 0.6 is 0 Å². The molecule has 4 heteroatoms. The minimum Gasteiger partial charge on any atom is -0.380 e. The molecule has 0 radical (unpaired) electrons. The molecule has 15 heavy (non-hydrogen) atoms. The van der Waals surface area contributed by atoms with Crippen molar-refractivity contribution in [3.8, 4) is 0 Å². The number of hydrogen-bond donors (Lipinski definition) is 1. The Labute approximate surface area is 93.6 Å². The summed E-state index contributed by atoms with van der Waals surface area (Å²) in [6.07, 6.45) is 0.633. The normalized spacial score (nSPS) is 27.3. The van der Waals surface area contributed by atoms with E-state index in [-0.39, 0.29) is 12.1 Å². The van der Waals surface area contributed by atoms with Crippen LogP contribution in [0.4, 0.5) is 0 Å². The summed E-state index contributed by atoms with van der Waals surface area (Å²) in [7, 11) is -0.973. The fraction of sp³-hybridized carbons (Fsp3) is 0.909. The summed E-state index contributed by atoms with van der Waals surface area (Å²) in [5.74, 6) is 0.314. The number of ketones is 1. The van der Waals surface area contributed by atoms with Gasteiger partial charge in [-0.05, 0) is 13.0 Å². The SMILES string of the molecule is CC1NC(COCC[Si](C)(C)C)CC1=O. The topological polar surface area (TPSA) is 38.3 Å². The van der Waals surface area contributed by atoms with Gasteiger partial charge in [0.15, 0.2) is 5.78 Å². The van der Waals surface area contributed by atoms with Crippen molar-refractivity contribution in [3.63, 3.8) is 0 Å². The molecular weight excluding hydrogens is 206 g/mol. The van der Waals surface area contributed by atoms with Crippen molar-refractivity contribution in [1.82, 2.24) is 5.32 Å². The van der Waals surface area contributed by atoms with Crippen molar-refractivity contribution < 1.29 is 9.53 Å². The molecule has 0 aromatic carbocycles. The first-order valence-corrected chi connectivity index (χ1v) is 9.46. The molecule has 0 saturated carbocycles. The quantitative estimate of drug-likeness (QED) is 0.575. The van der Waals surface area contributed by atoms with Gasteiger partial charge in [-0.1, -0.05) is 19.6 Å². The molecule has 2 atom stereocenters. The molecule has 0 bridgehead atoms. The standard InChI is InChI=1S/C11H23NO2Si/c1-9-11(13)7-10(12-9)8-14-5-6-15(2,3)4/h9-10,12H,5-8H2,1-4H3. The minimum absolute atomic E-state index is 0.0237. The average molecular weight is 229 g/mol. The fourth-order valence-corrected chi connectivity index (χ4v) is 2.39. The van der Waals surface area contributed by atoms with Crippen LogP contribution in [-0.4, -0.2) is 39.2 Å². The van der Waals surface area contributed by atoms with Gasteiger partial charge in [0.1, 0.15) is 0 Å². The lowest BCUT2D eigenvalue weighted by Gasteiger charge is -2.17. The summed E-state index contributed by atoms with van der Waals surface area (Å²) in [6, 6.07) is 1.47. The molecule has 0 amide bonds. The predicted octanol–water partition coefficient (Wildman–Crippen LogP) is 1.66. The second kappa shape index (κ2) is 5.23. The maximum atomic E-state index is 11.3. The summed E-state index contributed by atoms with van der Waals surface area (Å²) in [5.41, 5.74) is 0. The van der Waals surface area contributed by atoms with Crippen molar-refractivity contribution in [1.29, 1.82) is 0 Å². The number of hydrogen-bond acceptors (Lipinski definition) is 3. The summed E-state index contributed by atoms with van der Waals surface area (Å²) in [4.78, 5) is 11.3. The molecule has 0 aromatic heterocycles. The van der Waals surface area contributed by atoms with E-state index in [0.29, 0.717) is 18.8 Å². The maximum absolute atomic E-state index is 11.3. The van der Waals surface area contributed by atoms with Crippen LogP contribution in [0, 0.1) is 0 Å². The van der Waals surface area contributed by atoms with E-state index in [1.54, 1.807) is 0 Å². The largest absolute Gasteiger partial charge is 0.380 e. The van der Waals surface area contributed by atoms with Gasteiger partial charge in [-0.2, -0.15) is 0 Å². The molecular formula is C11H23NO2Si. The van der Waals surface area contributed by atoms with E-state index in [9.17, 15) is 4.79 Å². The van der Waals surface area contributed by atoms with Crippen molar-refractivity contribution in [3.05, 3.63) is 0 Å². The van der Waals surface area contributed by atoms with E-state index in [1.165, 1.54) is 6.04 Å². The van der Waals surface area contributed by atoms with Gasteiger partial charge in [-0.15, -0.1) is 0 Å². The lowest BCUT2D eigenvalue weighted by molar-refractivity contribution is -0.118. The highest BCUT2D eigenvalue weighted by Crippen LogP contribution is 2.10. The Hall–Kier alpha value is -0.193. The number of Topliss-reactive ketones (excluding diaryl/α,β-unsaturated/α-hetero) is 1. The molecule has 3 nitrogen and oxygen atoms in total. The molecule has 1 saturated heterocycles. The first-order chi connectivity index (χ1) is 6.88. The van der Waals surface area contributed by atoms with Gasteiger partial charge in [-0.25, -0.2) is 0 Å². The second-order valence-electron chi connectivity index (χ2n) is 5.64. The monoisotopic (exact) mass is 229 g/mol. The number of ether oxygens (including phenoxy) is 1. The van der Waals surface area contributed by atoms with Gasteiger partial charge in [0, 0.05) is 27.1 Å². The van der Waals surface area contributed by atoms with Crippen molar-refractivity contribution in [2.24, 2.45) is 0 Å². The highest BCUT2D eigenvalue weighted by atomic mass is 28.3. The van der Waals surface area contributed by atoms with Crippen LogP contribution in [0.2, 0.25) is 25.7 Å². The predicted molar refractivity (Wildman–Crippen MR) is 65.0 cm³/mol. The Bertz CT molecular complexity index is 225. The van der Waals surface area contributed by atoms with Gasteiger partial charge >= 0.3 is 0 Å². The smallest absolute Gasteiger partial charge is 0.151 e. The summed E-state index contributed by atoms with van der Waals surface area (Å²) in [6.45, 7) is 10.5. The van der Waals surface area contributed by atoms with Crippen molar-refractivity contribution in [2.75, 3.05) is 13.2 Å². The Balaban J connectivity index is 2.09. The van der Waals surface area contributed by atoms with Crippen LogP contribution in [0.25, 0.3) is 0 Å². The number of carbonyl (C=O) groups is 1. The first kappa shape index (κ1) is 12.9. The zero-order chi connectivity index (χ0) is 11.5. The molecule has 2 unspecified atom stereocenters. The third kappa shape index (κ3) is 4.91. The molecule has 0 aliphatic carbocycles. The summed E-state index contributed by atoms with van der Waals surface area (Å²) < 4.78 is 5.61. The molecule has 1 N–H and O–H groups in total. The molecule has 1 aliphatic rings. The Morgan fingerprint density at radius 3 is 2.60 bits per heavy atom. The Kier molecular flexibility index (Phi) is 4.49. The van der Waals surface area contributed by atoms with Crippen LogP contribution in [0.1, 0.15) is 13.3 Å². The number of rotatable bonds is 5. The van der Waals surface area contributed by atoms with Crippen molar-refractivity contribution in [2.45, 2.75) is 51.1 Å². The van der Waals surface area contributed by atoms with Crippen molar-refractivity contribution >= 4 is 13.9 Å². The molecule has 1 fully saturated rings. The maximum Gasteiger partial charge on any atom is 0.151 e. The number of nitrogens with one attached hydrogen (secondary N) is 1. The van der Waals surface area contributed by atoms with Crippen LogP contribution < -0.4 is 5.32 Å². The fourth-order valence-electron chi connectivity index (χ4n) is 1.64. The third-order valence-electron chi connectivity index (χ3n) is 2.73.